The summed E-state index contributed by atoms with van der Waals surface area (Å²) in [6.07, 6.45) is 3.16. The molecule has 1 aromatic heterocycles. The fourth-order valence-electron chi connectivity index (χ4n) is 3.03. The van der Waals surface area contributed by atoms with Gasteiger partial charge in [0.25, 0.3) is 11.8 Å². The van der Waals surface area contributed by atoms with Crippen LogP contribution in [0, 0.1) is 0 Å². The molecule has 4 rings (SSSR count). The summed E-state index contributed by atoms with van der Waals surface area (Å²) in [5.41, 5.74) is 2.81. The van der Waals surface area contributed by atoms with Crippen molar-refractivity contribution in [3.63, 3.8) is 0 Å². The van der Waals surface area contributed by atoms with Gasteiger partial charge in [0.05, 0.1) is 0 Å². The highest BCUT2D eigenvalue weighted by Crippen LogP contribution is 2.16. The smallest absolute Gasteiger partial charge is 0.255 e. The second-order valence-corrected chi connectivity index (χ2v) is 6.63. The number of hydrogen-bond donors (Lipinski definition) is 2. The number of aromatic nitrogens is 1. The van der Waals surface area contributed by atoms with Crippen LogP contribution in [-0.4, -0.2) is 16.8 Å². The van der Waals surface area contributed by atoms with E-state index < -0.39 is 0 Å². The van der Waals surface area contributed by atoms with Crippen LogP contribution in [-0.2, 0) is 6.54 Å². The number of benzene rings is 3. The minimum absolute atomic E-state index is 0.120. The van der Waals surface area contributed by atoms with Gasteiger partial charge in [0.15, 0.2) is 0 Å². The molecule has 5 nitrogen and oxygen atoms in total. The fraction of sp³-hybridized carbons (Fsp3) is 0.0417. The average Bonchev–Trinajstić information content (AvgIpc) is 2.78. The van der Waals surface area contributed by atoms with Crippen molar-refractivity contribution in [2.24, 2.45) is 0 Å². The standard InChI is InChI=1S/C24H19N3O2/c28-23(21-8-7-18-3-1-2-4-20(18)15-21)26-16-17-5-9-22(10-6-17)27-24(29)19-11-13-25-14-12-19/h1-15H,16H2,(H,26,28)(H,27,29). The molecule has 0 saturated carbocycles. The number of amides is 2. The molecule has 0 fully saturated rings. The first kappa shape index (κ1) is 18.4. The Morgan fingerprint density at radius 2 is 1.45 bits per heavy atom. The minimum Gasteiger partial charge on any atom is -0.348 e. The zero-order valence-corrected chi connectivity index (χ0v) is 15.6. The largest absolute Gasteiger partial charge is 0.348 e. The third-order valence-corrected chi connectivity index (χ3v) is 4.62. The molecule has 1 heterocycles. The number of hydrogen-bond acceptors (Lipinski definition) is 3. The number of nitrogens with one attached hydrogen (secondary N) is 2. The second-order valence-electron chi connectivity index (χ2n) is 6.63. The van der Waals surface area contributed by atoms with E-state index in [0.29, 0.717) is 23.4 Å². The highest BCUT2D eigenvalue weighted by molar-refractivity contribution is 6.04. The van der Waals surface area contributed by atoms with Gasteiger partial charge < -0.3 is 10.6 Å². The molecule has 0 aliphatic rings. The molecule has 0 unspecified atom stereocenters. The third kappa shape index (κ3) is 4.47. The van der Waals surface area contributed by atoms with E-state index in [2.05, 4.69) is 15.6 Å². The maximum Gasteiger partial charge on any atom is 0.255 e. The minimum atomic E-state index is -0.190. The molecule has 0 bridgehead atoms. The van der Waals surface area contributed by atoms with Gasteiger partial charge in [-0.05, 0) is 52.7 Å². The first-order valence-electron chi connectivity index (χ1n) is 9.26. The van der Waals surface area contributed by atoms with Gasteiger partial charge in [0, 0.05) is 35.8 Å². The Kier molecular flexibility index (Phi) is 5.29. The molecule has 0 aliphatic heterocycles. The van der Waals surface area contributed by atoms with Crippen LogP contribution in [0.25, 0.3) is 10.8 Å². The molecule has 29 heavy (non-hydrogen) atoms. The van der Waals surface area contributed by atoms with E-state index in [1.807, 2.05) is 66.7 Å². The van der Waals surface area contributed by atoms with Gasteiger partial charge in [-0.15, -0.1) is 0 Å². The first-order valence-corrected chi connectivity index (χ1v) is 9.26. The molecule has 2 amide bonds. The highest BCUT2D eigenvalue weighted by Gasteiger charge is 2.07. The summed E-state index contributed by atoms with van der Waals surface area (Å²) in [7, 11) is 0. The lowest BCUT2D eigenvalue weighted by atomic mass is 10.1. The van der Waals surface area contributed by atoms with Gasteiger partial charge >= 0.3 is 0 Å². The molecule has 142 valence electrons. The van der Waals surface area contributed by atoms with E-state index in [1.54, 1.807) is 24.5 Å². The van der Waals surface area contributed by atoms with Crippen molar-refractivity contribution in [1.29, 1.82) is 0 Å². The monoisotopic (exact) mass is 381 g/mol. The van der Waals surface area contributed by atoms with Gasteiger partial charge in [-0.1, -0.05) is 42.5 Å². The number of pyridine rings is 1. The Morgan fingerprint density at radius 3 is 2.21 bits per heavy atom. The topological polar surface area (TPSA) is 71.1 Å². The summed E-state index contributed by atoms with van der Waals surface area (Å²) in [6.45, 7) is 0.407. The van der Waals surface area contributed by atoms with E-state index in [0.717, 1.165) is 16.3 Å². The first-order chi connectivity index (χ1) is 14.2. The van der Waals surface area contributed by atoms with Crippen molar-refractivity contribution in [3.05, 3.63) is 108 Å². The predicted octanol–water partition coefficient (Wildman–Crippen LogP) is 4.42. The van der Waals surface area contributed by atoms with Crippen molar-refractivity contribution < 1.29 is 9.59 Å². The number of carbonyl (C=O) groups is 2. The van der Waals surface area contributed by atoms with Crippen LogP contribution in [0.3, 0.4) is 0 Å². The maximum absolute atomic E-state index is 12.5. The Bertz CT molecular complexity index is 1160. The Morgan fingerprint density at radius 1 is 0.724 bits per heavy atom. The van der Waals surface area contributed by atoms with Crippen molar-refractivity contribution in [3.8, 4) is 0 Å². The van der Waals surface area contributed by atoms with Crippen LogP contribution in [0.1, 0.15) is 26.3 Å². The molecule has 0 saturated heterocycles. The molecule has 0 spiro atoms. The van der Waals surface area contributed by atoms with E-state index in [4.69, 9.17) is 0 Å². The summed E-state index contributed by atoms with van der Waals surface area (Å²) < 4.78 is 0. The highest BCUT2D eigenvalue weighted by atomic mass is 16.2. The lowest BCUT2D eigenvalue weighted by molar-refractivity contribution is 0.0950. The maximum atomic E-state index is 12.5. The van der Waals surface area contributed by atoms with Crippen LogP contribution in [0.15, 0.2) is 91.3 Å². The third-order valence-electron chi connectivity index (χ3n) is 4.62. The van der Waals surface area contributed by atoms with Crippen molar-refractivity contribution >= 4 is 28.3 Å². The molecule has 0 radical (unpaired) electrons. The lowest BCUT2D eigenvalue weighted by Crippen LogP contribution is -2.22. The molecular weight excluding hydrogens is 362 g/mol. The quantitative estimate of drug-likeness (QED) is 0.538. The SMILES string of the molecule is O=C(NCc1ccc(NC(=O)c2ccncc2)cc1)c1ccc2ccccc2c1. The lowest BCUT2D eigenvalue weighted by Gasteiger charge is -2.08. The molecule has 5 heteroatoms. The molecule has 3 aromatic carbocycles. The van der Waals surface area contributed by atoms with Crippen LogP contribution >= 0.6 is 0 Å². The van der Waals surface area contributed by atoms with Crippen molar-refractivity contribution in [2.75, 3.05) is 5.32 Å². The summed E-state index contributed by atoms with van der Waals surface area (Å²) in [6, 6.07) is 24.3. The zero-order chi connectivity index (χ0) is 20.1. The van der Waals surface area contributed by atoms with E-state index in [9.17, 15) is 9.59 Å². The fourth-order valence-corrected chi connectivity index (χ4v) is 3.03. The molecular formula is C24H19N3O2. The Labute approximate surface area is 168 Å². The molecule has 4 aromatic rings. The number of fused-ring (bicyclic) bond motifs is 1. The van der Waals surface area contributed by atoms with E-state index in [-0.39, 0.29) is 11.8 Å². The predicted molar refractivity (Wildman–Crippen MR) is 114 cm³/mol. The summed E-state index contributed by atoms with van der Waals surface area (Å²) in [5.74, 6) is -0.310. The normalized spacial score (nSPS) is 10.5. The van der Waals surface area contributed by atoms with Gasteiger partial charge in [-0.25, -0.2) is 0 Å². The summed E-state index contributed by atoms with van der Waals surface area (Å²) in [4.78, 5) is 28.5. The number of carbonyl (C=O) groups excluding carboxylic acids is 2. The summed E-state index contributed by atoms with van der Waals surface area (Å²) >= 11 is 0. The zero-order valence-electron chi connectivity index (χ0n) is 15.6. The number of rotatable bonds is 5. The van der Waals surface area contributed by atoms with E-state index in [1.165, 1.54) is 0 Å². The second kappa shape index (κ2) is 8.35. The molecule has 0 atom stereocenters. The summed E-state index contributed by atoms with van der Waals surface area (Å²) in [5, 5.41) is 7.91. The molecule has 2 N–H and O–H groups in total. The van der Waals surface area contributed by atoms with Gasteiger partial charge in [0.1, 0.15) is 0 Å². The van der Waals surface area contributed by atoms with Gasteiger partial charge in [0.2, 0.25) is 0 Å². The molecule has 0 aliphatic carbocycles. The Balaban J connectivity index is 1.36. The Hall–Kier alpha value is -3.99. The average molecular weight is 381 g/mol. The van der Waals surface area contributed by atoms with Crippen LogP contribution in [0.5, 0.6) is 0 Å². The number of anilines is 1. The van der Waals surface area contributed by atoms with Gasteiger partial charge in [-0.2, -0.15) is 0 Å². The van der Waals surface area contributed by atoms with Crippen LogP contribution < -0.4 is 10.6 Å². The van der Waals surface area contributed by atoms with Crippen LogP contribution in [0.4, 0.5) is 5.69 Å². The number of nitrogens with zero attached hydrogens (tertiary/aromatic N) is 1. The van der Waals surface area contributed by atoms with Crippen LogP contribution in [0.2, 0.25) is 0 Å². The van der Waals surface area contributed by atoms with Gasteiger partial charge in [-0.3, -0.25) is 14.6 Å². The van der Waals surface area contributed by atoms with Crippen molar-refractivity contribution in [2.45, 2.75) is 6.54 Å². The van der Waals surface area contributed by atoms with Crippen molar-refractivity contribution in [1.82, 2.24) is 10.3 Å². The van der Waals surface area contributed by atoms with E-state index >= 15 is 0 Å².